The second-order valence-corrected chi connectivity index (χ2v) is 8.39. The number of pyridine rings is 1. The standard InChI is InChI=1S/C25H23ClF2N2O3/c1-15-11-16(2)29-23(33-13-17-7-5-4-6-8-17)18(15)12-30-14-25(27,28)19-9-10-20(32-3)22(26)21(19)24(30)31/h4-11H,12-14H2,1-3H3. The van der Waals surface area contributed by atoms with E-state index >= 15 is 8.78 Å². The van der Waals surface area contributed by atoms with Crippen molar-refractivity contribution in [2.75, 3.05) is 13.7 Å². The minimum Gasteiger partial charge on any atom is -0.495 e. The van der Waals surface area contributed by atoms with E-state index in [1.165, 1.54) is 19.2 Å². The second-order valence-electron chi connectivity index (χ2n) is 8.01. The minimum absolute atomic E-state index is 0.0926. The highest BCUT2D eigenvalue weighted by atomic mass is 35.5. The van der Waals surface area contributed by atoms with E-state index in [1.807, 2.05) is 50.2 Å². The van der Waals surface area contributed by atoms with Gasteiger partial charge < -0.3 is 14.4 Å². The molecule has 5 nitrogen and oxygen atoms in total. The van der Waals surface area contributed by atoms with Crippen molar-refractivity contribution in [3.05, 3.63) is 87.1 Å². The fraction of sp³-hybridized carbons (Fsp3) is 0.280. The topological polar surface area (TPSA) is 51.7 Å². The van der Waals surface area contributed by atoms with Gasteiger partial charge >= 0.3 is 0 Å². The van der Waals surface area contributed by atoms with Crippen LogP contribution in [0.15, 0.2) is 48.5 Å². The summed E-state index contributed by atoms with van der Waals surface area (Å²) in [5.41, 5.74) is 2.41. The summed E-state index contributed by atoms with van der Waals surface area (Å²) in [5.74, 6) is -3.37. The first-order chi connectivity index (χ1) is 15.7. The Labute approximate surface area is 195 Å². The van der Waals surface area contributed by atoms with Crippen LogP contribution in [-0.2, 0) is 19.1 Å². The first-order valence-electron chi connectivity index (χ1n) is 10.4. The summed E-state index contributed by atoms with van der Waals surface area (Å²) in [7, 11) is 1.37. The molecular weight excluding hydrogens is 450 g/mol. The van der Waals surface area contributed by atoms with E-state index in [0.717, 1.165) is 21.7 Å². The van der Waals surface area contributed by atoms with Gasteiger partial charge in [0.2, 0.25) is 5.88 Å². The predicted octanol–water partition coefficient (Wildman–Crippen LogP) is 5.69. The summed E-state index contributed by atoms with van der Waals surface area (Å²) in [6.07, 6.45) is 0. The highest BCUT2D eigenvalue weighted by molar-refractivity contribution is 6.35. The number of amides is 1. The van der Waals surface area contributed by atoms with E-state index in [0.29, 0.717) is 11.4 Å². The molecule has 1 aliphatic heterocycles. The van der Waals surface area contributed by atoms with Crippen LogP contribution >= 0.6 is 11.6 Å². The van der Waals surface area contributed by atoms with Gasteiger partial charge in [0, 0.05) is 16.8 Å². The number of aryl methyl sites for hydroxylation is 2. The third-order valence-corrected chi connectivity index (χ3v) is 5.99. The smallest absolute Gasteiger partial charge is 0.291 e. The Morgan fingerprint density at radius 2 is 1.88 bits per heavy atom. The zero-order valence-electron chi connectivity index (χ0n) is 18.5. The third-order valence-electron chi connectivity index (χ3n) is 5.62. The van der Waals surface area contributed by atoms with Crippen molar-refractivity contribution in [2.45, 2.75) is 32.9 Å². The molecule has 2 aromatic carbocycles. The molecule has 33 heavy (non-hydrogen) atoms. The Morgan fingerprint density at radius 3 is 2.58 bits per heavy atom. The Morgan fingerprint density at radius 1 is 1.15 bits per heavy atom. The molecule has 172 valence electrons. The number of halogens is 3. The van der Waals surface area contributed by atoms with Crippen molar-refractivity contribution in [1.29, 1.82) is 0 Å². The number of benzene rings is 2. The quantitative estimate of drug-likeness (QED) is 0.462. The molecule has 2 heterocycles. The van der Waals surface area contributed by atoms with Gasteiger partial charge in [-0.1, -0.05) is 41.9 Å². The maximum atomic E-state index is 15.0. The van der Waals surface area contributed by atoms with Crippen molar-refractivity contribution in [3.63, 3.8) is 0 Å². The van der Waals surface area contributed by atoms with E-state index in [4.69, 9.17) is 21.1 Å². The van der Waals surface area contributed by atoms with Gasteiger partial charge in [-0.3, -0.25) is 4.79 Å². The monoisotopic (exact) mass is 472 g/mol. The van der Waals surface area contributed by atoms with Crippen molar-refractivity contribution in [1.82, 2.24) is 9.88 Å². The number of fused-ring (bicyclic) bond motifs is 1. The van der Waals surface area contributed by atoms with Gasteiger partial charge in [0.05, 0.1) is 30.8 Å². The lowest BCUT2D eigenvalue weighted by Crippen LogP contribution is -2.45. The molecule has 0 N–H and O–H groups in total. The Kier molecular flexibility index (Phi) is 6.26. The van der Waals surface area contributed by atoms with E-state index in [1.54, 1.807) is 0 Å². The van der Waals surface area contributed by atoms with Crippen LogP contribution in [0.4, 0.5) is 8.78 Å². The zero-order valence-corrected chi connectivity index (χ0v) is 19.2. The lowest BCUT2D eigenvalue weighted by molar-refractivity contribution is -0.0429. The molecule has 0 bridgehead atoms. The van der Waals surface area contributed by atoms with Crippen molar-refractivity contribution < 1.29 is 23.0 Å². The van der Waals surface area contributed by atoms with Crippen LogP contribution in [0.1, 0.15) is 38.3 Å². The summed E-state index contributed by atoms with van der Waals surface area (Å²) in [4.78, 5) is 18.8. The van der Waals surface area contributed by atoms with E-state index in [9.17, 15) is 4.79 Å². The molecule has 0 saturated carbocycles. The predicted molar refractivity (Wildman–Crippen MR) is 121 cm³/mol. The van der Waals surface area contributed by atoms with Crippen LogP contribution in [0.5, 0.6) is 11.6 Å². The number of hydrogen-bond acceptors (Lipinski definition) is 4. The van der Waals surface area contributed by atoms with Gasteiger partial charge in [0.15, 0.2) is 0 Å². The zero-order chi connectivity index (χ0) is 23.8. The molecule has 1 aromatic heterocycles. The second kappa shape index (κ2) is 8.98. The van der Waals surface area contributed by atoms with Gasteiger partial charge in [-0.15, -0.1) is 0 Å². The van der Waals surface area contributed by atoms with E-state index in [2.05, 4.69) is 4.98 Å². The number of nitrogens with zero attached hydrogens (tertiary/aromatic N) is 2. The molecule has 0 unspecified atom stereocenters. The van der Waals surface area contributed by atoms with Gasteiger partial charge in [-0.2, -0.15) is 8.78 Å². The first kappa shape index (κ1) is 23.0. The van der Waals surface area contributed by atoms with Crippen LogP contribution < -0.4 is 9.47 Å². The van der Waals surface area contributed by atoms with Crippen LogP contribution in [0.25, 0.3) is 0 Å². The van der Waals surface area contributed by atoms with Gasteiger partial charge in [0.25, 0.3) is 11.8 Å². The fourth-order valence-electron chi connectivity index (χ4n) is 3.97. The number of methoxy groups -OCH3 is 1. The number of rotatable bonds is 6. The lowest BCUT2D eigenvalue weighted by atomic mass is 9.94. The molecule has 1 amide bonds. The van der Waals surface area contributed by atoms with Gasteiger partial charge in [-0.05, 0) is 43.2 Å². The van der Waals surface area contributed by atoms with Crippen molar-refractivity contribution >= 4 is 17.5 Å². The summed E-state index contributed by atoms with van der Waals surface area (Å²) >= 11 is 6.28. The van der Waals surface area contributed by atoms with E-state index < -0.39 is 23.9 Å². The number of ether oxygens (including phenoxy) is 2. The number of hydrogen-bond donors (Lipinski definition) is 0. The molecular formula is C25H23ClF2N2O3. The molecule has 0 radical (unpaired) electrons. The van der Waals surface area contributed by atoms with Crippen molar-refractivity contribution in [3.8, 4) is 11.6 Å². The van der Waals surface area contributed by atoms with Gasteiger partial charge in [-0.25, -0.2) is 4.98 Å². The highest BCUT2D eigenvalue weighted by Crippen LogP contribution is 2.43. The molecule has 0 fully saturated rings. The fourth-order valence-corrected chi connectivity index (χ4v) is 4.29. The average Bonchev–Trinajstić information content (AvgIpc) is 2.78. The SMILES string of the molecule is COc1ccc2c(c1Cl)C(=O)N(Cc1c(C)cc(C)nc1OCc1ccccc1)CC2(F)F. The number of carbonyl (C=O) groups is 1. The van der Waals surface area contributed by atoms with Crippen LogP contribution in [-0.4, -0.2) is 29.4 Å². The summed E-state index contributed by atoms with van der Waals surface area (Å²) in [6.45, 7) is 3.07. The normalized spacial score (nSPS) is 14.7. The third kappa shape index (κ3) is 4.50. The Bertz CT molecular complexity index is 1200. The Hall–Kier alpha value is -3.19. The Balaban J connectivity index is 1.68. The molecule has 3 aromatic rings. The van der Waals surface area contributed by atoms with Crippen LogP contribution in [0.3, 0.4) is 0 Å². The molecule has 0 atom stereocenters. The lowest BCUT2D eigenvalue weighted by Gasteiger charge is -2.35. The summed E-state index contributed by atoms with van der Waals surface area (Å²) in [5, 5.41) is -0.122. The highest BCUT2D eigenvalue weighted by Gasteiger charge is 2.46. The molecule has 0 spiro atoms. The minimum atomic E-state index is -3.27. The van der Waals surface area contributed by atoms with Crippen LogP contribution in [0.2, 0.25) is 5.02 Å². The van der Waals surface area contributed by atoms with Gasteiger partial charge in [0.1, 0.15) is 12.4 Å². The molecule has 1 aliphatic rings. The average molecular weight is 473 g/mol. The maximum absolute atomic E-state index is 15.0. The molecule has 4 rings (SSSR count). The first-order valence-corrected chi connectivity index (χ1v) is 10.8. The summed E-state index contributed by atoms with van der Waals surface area (Å²) < 4.78 is 41.2. The number of aromatic nitrogens is 1. The number of carbonyl (C=O) groups excluding carboxylic acids is 1. The molecule has 0 aliphatic carbocycles. The molecule has 0 saturated heterocycles. The van der Waals surface area contributed by atoms with E-state index in [-0.39, 0.29) is 29.5 Å². The maximum Gasteiger partial charge on any atom is 0.291 e. The number of alkyl halides is 2. The molecule has 8 heteroatoms. The van der Waals surface area contributed by atoms with Crippen LogP contribution in [0, 0.1) is 13.8 Å². The van der Waals surface area contributed by atoms with Crippen molar-refractivity contribution in [2.24, 2.45) is 0 Å². The largest absolute Gasteiger partial charge is 0.495 e. The summed E-state index contributed by atoms with van der Waals surface area (Å²) in [6, 6.07) is 13.9.